The van der Waals surface area contributed by atoms with E-state index in [1.165, 1.54) is 0 Å². The molecule has 1 amide bonds. The minimum Gasteiger partial charge on any atom is -0.366 e. The van der Waals surface area contributed by atoms with E-state index in [0.717, 1.165) is 17.1 Å². The van der Waals surface area contributed by atoms with Crippen molar-refractivity contribution in [1.29, 1.82) is 0 Å². The molecule has 96 valence electrons. The lowest BCUT2D eigenvalue weighted by atomic mass is 10.5. The molecule has 1 unspecified atom stereocenters. The van der Waals surface area contributed by atoms with Gasteiger partial charge >= 0.3 is 0 Å². The lowest BCUT2D eigenvalue weighted by molar-refractivity contribution is -0.870. The normalized spacial score (nSPS) is 12.2. The number of nitrogens with zero attached hydrogens (tertiary/aromatic N) is 1. The SMILES string of the molecule is C=CC(N)=O.CC[PH](=O)OCC[N+](C)(C)C. The molecular formula is C10H24N2O3P+. The smallest absolute Gasteiger partial charge is 0.240 e. The molecule has 1 atom stereocenters. The molecule has 0 spiro atoms. The zero-order valence-electron chi connectivity index (χ0n) is 10.7. The molecule has 0 radical (unpaired) electrons. The molecule has 0 aromatic rings. The number of likely N-dealkylation sites (N-methyl/N-ethyl adjacent to an activating group) is 1. The molecule has 0 aliphatic carbocycles. The van der Waals surface area contributed by atoms with Gasteiger partial charge in [0.25, 0.3) is 0 Å². The number of hydrogen-bond donors (Lipinski definition) is 1. The maximum atomic E-state index is 10.9. The van der Waals surface area contributed by atoms with E-state index in [4.69, 9.17) is 4.52 Å². The molecule has 0 saturated heterocycles. The van der Waals surface area contributed by atoms with Crippen molar-refractivity contribution in [2.24, 2.45) is 5.73 Å². The highest BCUT2D eigenvalue weighted by Crippen LogP contribution is 2.20. The molecule has 0 aromatic carbocycles. The molecular weight excluding hydrogens is 227 g/mol. The zero-order valence-corrected chi connectivity index (χ0v) is 11.7. The van der Waals surface area contributed by atoms with E-state index in [0.29, 0.717) is 12.8 Å². The van der Waals surface area contributed by atoms with Gasteiger partial charge in [-0.25, -0.2) is 0 Å². The van der Waals surface area contributed by atoms with E-state index in [-0.39, 0.29) is 0 Å². The summed E-state index contributed by atoms with van der Waals surface area (Å²) in [4.78, 5) is 9.47. The molecule has 0 aliphatic heterocycles. The highest BCUT2D eigenvalue weighted by Gasteiger charge is 2.06. The molecule has 0 saturated carbocycles. The fourth-order valence-corrected chi connectivity index (χ4v) is 1.06. The van der Waals surface area contributed by atoms with E-state index < -0.39 is 13.9 Å². The summed E-state index contributed by atoms with van der Waals surface area (Å²) >= 11 is 0. The lowest BCUT2D eigenvalue weighted by Gasteiger charge is -2.23. The van der Waals surface area contributed by atoms with Gasteiger partial charge in [0.1, 0.15) is 13.2 Å². The van der Waals surface area contributed by atoms with Gasteiger partial charge in [0.2, 0.25) is 5.91 Å². The van der Waals surface area contributed by atoms with Crippen LogP contribution in [0.2, 0.25) is 0 Å². The van der Waals surface area contributed by atoms with Crippen molar-refractivity contribution in [2.75, 3.05) is 40.5 Å². The summed E-state index contributed by atoms with van der Waals surface area (Å²) in [6.45, 7) is 6.49. The van der Waals surface area contributed by atoms with Gasteiger partial charge in [-0.15, -0.1) is 0 Å². The fourth-order valence-electron chi connectivity index (χ4n) is 0.535. The fraction of sp³-hybridized carbons (Fsp3) is 0.700. The molecule has 0 bridgehead atoms. The van der Waals surface area contributed by atoms with Crippen LogP contribution in [-0.4, -0.2) is 50.8 Å². The first kappa shape index (κ1) is 17.7. The maximum Gasteiger partial charge on any atom is 0.240 e. The summed E-state index contributed by atoms with van der Waals surface area (Å²) in [5.74, 6) is -0.481. The number of amides is 1. The first-order valence-corrected chi connectivity index (χ1v) is 6.63. The van der Waals surface area contributed by atoms with Crippen molar-refractivity contribution in [3.8, 4) is 0 Å². The van der Waals surface area contributed by atoms with E-state index in [9.17, 15) is 9.36 Å². The van der Waals surface area contributed by atoms with Crippen molar-refractivity contribution in [2.45, 2.75) is 6.92 Å². The third kappa shape index (κ3) is 19.0. The maximum absolute atomic E-state index is 10.9. The Morgan fingerprint density at radius 3 is 2.19 bits per heavy atom. The van der Waals surface area contributed by atoms with Gasteiger partial charge in [-0.2, -0.15) is 0 Å². The van der Waals surface area contributed by atoms with Crippen LogP contribution in [0.1, 0.15) is 6.92 Å². The van der Waals surface area contributed by atoms with E-state index in [2.05, 4.69) is 33.5 Å². The Kier molecular flexibility index (Phi) is 10.6. The minimum absolute atomic E-state index is 0.481. The Balaban J connectivity index is 0. The molecule has 5 nitrogen and oxygen atoms in total. The number of rotatable bonds is 6. The van der Waals surface area contributed by atoms with Crippen LogP contribution in [0.3, 0.4) is 0 Å². The van der Waals surface area contributed by atoms with Crippen LogP contribution in [-0.2, 0) is 13.9 Å². The van der Waals surface area contributed by atoms with Crippen molar-refractivity contribution >= 4 is 13.9 Å². The van der Waals surface area contributed by atoms with Crippen molar-refractivity contribution in [1.82, 2.24) is 0 Å². The zero-order chi connectivity index (χ0) is 13.2. The van der Waals surface area contributed by atoms with E-state index in [1.54, 1.807) is 0 Å². The van der Waals surface area contributed by atoms with Crippen LogP contribution in [0.4, 0.5) is 0 Å². The molecule has 16 heavy (non-hydrogen) atoms. The van der Waals surface area contributed by atoms with Crippen molar-refractivity contribution in [3.63, 3.8) is 0 Å². The average Bonchev–Trinajstić information content (AvgIpc) is 2.16. The van der Waals surface area contributed by atoms with Gasteiger partial charge in [-0.05, 0) is 6.08 Å². The predicted molar refractivity (Wildman–Crippen MR) is 67.8 cm³/mol. The van der Waals surface area contributed by atoms with Gasteiger partial charge < -0.3 is 14.7 Å². The van der Waals surface area contributed by atoms with Crippen molar-refractivity contribution in [3.05, 3.63) is 12.7 Å². The number of primary amides is 1. The quantitative estimate of drug-likeness (QED) is 0.432. The third-order valence-corrected chi connectivity index (χ3v) is 2.62. The Bertz CT molecular complexity index is 237. The topological polar surface area (TPSA) is 69.4 Å². The van der Waals surface area contributed by atoms with Crippen molar-refractivity contribution < 1.29 is 18.4 Å². The first-order chi connectivity index (χ1) is 7.22. The minimum atomic E-state index is -1.71. The number of carbonyl (C=O) groups is 1. The second-order valence-corrected chi connectivity index (χ2v) is 5.93. The first-order valence-electron chi connectivity index (χ1n) is 5.11. The standard InChI is InChI=1S/C7H19NO2P.C3H5NO/c1-5-11(9)10-7-6-8(2,3)4;1-2-3(4)5/h11H,5-7H2,1-4H3;2H,1H2,(H2,4,5)/q+1;. The Morgan fingerprint density at radius 1 is 1.50 bits per heavy atom. The highest BCUT2D eigenvalue weighted by molar-refractivity contribution is 7.39. The number of carbonyl (C=O) groups excluding carboxylic acids is 1. The summed E-state index contributed by atoms with van der Waals surface area (Å²) in [7, 11) is 4.56. The largest absolute Gasteiger partial charge is 0.366 e. The van der Waals surface area contributed by atoms with Gasteiger partial charge in [-0.1, -0.05) is 13.5 Å². The summed E-state index contributed by atoms with van der Waals surface area (Å²) in [6, 6.07) is 0. The second kappa shape index (κ2) is 9.58. The van der Waals surface area contributed by atoms with E-state index in [1.807, 2.05) is 6.92 Å². The van der Waals surface area contributed by atoms with Crippen LogP contribution >= 0.6 is 8.03 Å². The molecule has 0 aliphatic rings. The molecule has 0 rings (SSSR count). The summed E-state index contributed by atoms with van der Waals surface area (Å²) < 4.78 is 16.8. The summed E-state index contributed by atoms with van der Waals surface area (Å²) in [6.07, 6.45) is 1.71. The van der Waals surface area contributed by atoms with Gasteiger partial charge in [0, 0.05) is 6.16 Å². The van der Waals surface area contributed by atoms with Crippen LogP contribution in [0.15, 0.2) is 12.7 Å². The molecule has 0 aromatic heterocycles. The van der Waals surface area contributed by atoms with Gasteiger partial charge in [0.05, 0.1) is 21.1 Å². The highest BCUT2D eigenvalue weighted by atomic mass is 31.1. The van der Waals surface area contributed by atoms with Crippen LogP contribution in [0.5, 0.6) is 0 Å². The van der Waals surface area contributed by atoms with Gasteiger partial charge in [-0.3, -0.25) is 9.36 Å². The molecule has 0 heterocycles. The lowest BCUT2D eigenvalue weighted by Crippen LogP contribution is -2.37. The Labute approximate surface area is 98.7 Å². The monoisotopic (exact) mass is 251 g/mol. The van der Waals surface area contributed by atoms with Gasteiger partial charge in [0.15, 0.2) is 8.03 Å². The molecule has 6 heteroatoms. The number of hydrogen-bond acceptors (Lipinski definition) is 3. The average molecular weight is 251 g/mol. The third-order valence-electron chi connectivity index (χ3n) is 1.52. The molecule has 2 N–H and O–H groups in total. The summed E-state index contributed by atoms with van der Waals surface area (Å²) in [5, 5.41) is 0. The van der Waals surface area contributed by atoms with Crippen LogP contribution in [0, 0.1) is 0 Å². The molecule has 0 fully saturated rings. The Morgan fingerprint density at radius 2 is 1.94 bits per heavy atom. The summed E-state index contributed by atoms with van der Waals surface area (Å²) in [5.41, 5.74) is 4.53. The second-order valence-electron chi connectivity index (χ2n) is 4.19. The number of nitrogens with two attached hydrogens (primary N) is 1. The number of quaternary nitrogens is 1. The predicted octanol–water partition coefficient (Wildman–Crippen LogP) is 0.861. The Hall–Kier alpha value is -0.640. The van der Waals surface area contributed by atoms with Crippen LogP contribution < -0.4 is 5.73 Å². The van der Waals surface area contributed by atoms with Crippen LogP contribution in [0.25, 0.3) is 0 Å². The van der Waals surface area contributed by atoms with E-state index >= 15 is 0 Å².